The van der Waals surface area contributed by atoms with E-state index in [4.69, 9.17) is 0 Å². The third-order valence-electron chi connectivity index (χ3n) is 3.86. The number of anilines is 1. The highest BCUT2D eigenvalue weighted by molar-refractivity contribution is 7.12. The lowest BCUT2D eigenvalue weighted by Gasteiger charge is -2.27. The summed E-state index contributed by atoms with van der Waals surface area (Å²) in [7, 11) is 0. The van der Waals surface area contributed by atoms with Gasteiger partial charge in [-0.1, -0.05) is 23.8 Å². The fourth-order valence-electron chi connectivity index (χ4n) is 2.62. The molecule has 0 bridgehead atoms. The summed E-state index contributed by atoms with van der Waals surface area (Å²) in [5, 5.41) is 1.95. The summed E-state index contributed by atoms with van der Waals surface area (Å²) >= 11 is 1.50. The number of hydrogen-bond acceptors (Lipinski definition) is 4. The molecule has 0 unspecified atom stereocenters. The van der Waals surface area contributed by atoms with Gasteiger partial charge >= 0.3 is 0 Å². The van der Waals surface area contributed by atoms with E-state index in [1.165, 1.54) is 16.9 Å². The maximum atomic E-state index is 12.5. The number of nitrogens with zero attached hydrogens (tertiary/aromatic N) is 2. The van der Waals surface area contributed by atoms with Gasteiger partial charge in [0.25, 0.3) is 0 Å². The number of ketones is 1. The van der Waals surface area contributed by atoms with E-state index in [1.807, 2.05) is 17.5 Å². The summed E-state index contributed by atoms with van der Waals surface area (Å²) in [6, 6.07) is 12.1. The monoisotopic (exact) mass is 312 g/mol. The summed E-state index contributed by atoms with van der Waals surface area (Å²) in [4.78, 5) is 20.1. The molecule has 3 rings (SSSR count). The zero-order valence-electron chi connectivity index (χ0n) is 12.8. The Bertz CT molecular complexity index is 659. The molecule has 0 amide bonds. The lowest BCUT2D eigenvalue weighted by molar-refractivity contribution is 0.101. The number of thiophene rings is 1. The summed E-state index contributed by atoms with van der Waals surface area (Å²) in [5.74, 6) is 1.20. The van der Waals surface area contributed by atoms with Gasteiger partial charge in [0.15, 0.2) is 5.78 Å². The molecule has 1 aliphatic heterocycles. The Morgan fingerprint density at radius 1 is 1.23 bits per heavy atom. The Morgan fingerprint density at radius 3 is 2.68 bits per heavy atom. The smallest absolute Gasteiger partial charge is 0.192 e. The molecule has 2 aromatic rings. The average molecular weight is 312 g/mol. The van der Waals surface area contributed by atoms with Crippen LogP contribution in [0, 0.1) is 6.92 Å². The van der Waals surface area contributed by atoms with Crippen molar-refractivity contribution in [3.63, 3.8) is 0 Å². The Kier molecular flexibility index (Phi) is 4.68. The van der Waals surface area contributed by atoms with E-state index in [0.717, 1.165) is 42.2 Å². The quantitative estimate of drug-likeness (QED) is 0.787. The number of Topliss-reactive ketones (excluding diaryl/α,β-unsaturated/α-hetero) is 1. The molecule has 0 aliphatic carbocycles. The van der Waals surface area contributed by atoms with E-state index in [-0.39, 0.29) is 5.78 Å². The third kappa shape index (κ3) is 3.45. The van der Waals surface area contributed by atoms with Crippen molar-refractivity contribution in [2.24, 2.45) is 4.99 Å². The molecule has 1 aromatic heterocycles. The molecular weight excluding hydrogens is 292 g/mol. The van der Waals surface area contributed by atoms with Gasteiger partial charge in [-0.3, -0.25) is 9.79 Å². The first kappa shape index (κ1) is 15.0. The van der Waals surface area contributed by atoms with Gasteiger partial charge in [0.1, 0.15) is 5.84 Å². The van der Waals surface area contributed by atoms with Crippen LogP contribution in [0.4, 0.5) is 5.69 Å². The van der Waals surface area contributed by atoms with Gasteiger partial charge in [-0.25, -0.2) is 0 Å². The van der Waals surface area contributed by atoms with E-state index >= 15 is 0 Å². The van der Waals surface area contributed by atoms with Gasteiger partial charge in [-0.15, -0.1) is 11.3 Å². The topological polar surface area (TPSA) is 32.7 Å². The number of aryl methyl sites for hydroxylation is 1. The van der Waals surface area contributed by atoms with Crippen LogP contribution in [0.1, 0.15) is 34.5 Å². The van der Waals surface area contributed by atoms with Gasteiger partial charge in [0, 0.05) is 18.7 Å². The molecule has 0 fully saturated rings. The summed E-state index contributed by atoms with van der Waals surface area (Å²) in [6.07, 6.45) is 3.24. The fraction of sp³-hybridized carbons (Fsp3) is 0.333. The average Bonchev–Trinajstić information content (AvgIpc) is 3.09. The fourth-order valence-corrected chi connectivity index (χ4v) is 3.27. The SMILES string of the molecule is Cc1ccc(N(CC(=O)c2cccs2)C2=NCCCC2)cc1. The van der Waals surface area contributed by atoms with Crippen LogP contribution in [0.15, 0.2) is 46.8 Å². The number of benzene rings is 1. The maximum Gasteiger partial charge on any atom is 0.192 e. The molecule has 0 atom stereocenters. The van der Waals surface area contributed by atoms with Crippen LogP contribution in [-0.2, 0) is 0 Å². The second-order valence-electron chi connectivity index (χ2n) is 5.58. The van der Waals surface area contributed by atoms with Gasteiger partial charge in [0.2, 0.25) is 0 Å². The Morgan fingerprint density at radius 2 is 2.05 bits per heavy atom. The molecular formula is C18H20N2OS. The molecule has 22 heavy (non-hydrogen) atoms. The zero-order chi connectivity index (χ0) is 15.4. The van der Waals surface area contributed by atoms with E-state index in [2.05, 4.69) is 41.1 Å². The standard InChI is InChI=1S/C18H20N2OS/c1-14-7-9-15(10-8-14)20(18-6-2-3-11-19-18)13-16(21)17-5-4-12-22-17/h4-5,7-10,12H,2-3,6,11,13H2,1H3. The van der Waals surface area contributed by atoms with E-state index in [9.17, 15) is 4.79 Å². The van der Waals surface area contributed by atoms with Crippen molar-refractivity contribution in [3.8, 4) is 0 Å². The highest BCUT2D eigenvalue weighted by Gasteiger charge is 2.20. The van der Waals surface area contributed by atoms with Crippen molar-refractivity contribution >= 4 is 28.6 Å². The molecule has 0 saturated carbocycles. The Labute approximate surface area is 135 Å². The van der Waals surface area contributed by atoms with Crippen LogP contribution in [0.25, 0.3) is 0 Å². The number of hydrogen-bond donors (Lipinski definition) is 0. The van der Waals surface area contributed by atoms with Crippen LogP contribution < -0.4 is 4.90 Å². The molecule has 4 heteroatoms. The van der Waals surface area contributed by atoms with E-state index in [1.54, 1.807) is 0 Å². The van der Waals surface area contributed by atoms with Crippen LogP contribution in [0.3, 0.4) is 0 Å². The van der Waals surface area contributed by atoms with E-state index < -0.39 is 0 Å². The Balaban J connectivity index is 1.87. The predicted octanol–water partition coefficient (Wildman–Crippen LogP) is 4.33. The first-order chi connectivity index (χ1) is 10.7. The minimum Gasteiger partial charge on any atom is -0.322 e. The molecule has 0 radical (unpaired) electrons. The lowest BCUT2D eigenvalue weighted by atomic mass is 10.1. The highest BCUT2D eigenvalue weighted by Crippen LogP contribution is 2.21. The van der Waals surface area contributed by atoms with Gasteiger partial charge < -0.3 is 4.90 Å². The van der Waals surface area contributed by atoms with Crippen LogP contribution in [0.2, 0.25) is 0 Å². The number of amidine groups is 1. The van der Waals surface area contributed by atoms with Crippen LogP contribution >= 0.6 is 11.3 Å². The summed E-state index contributed by atoms with van der Waals surface area (Å²) in [6.45, 7) is 3.30. The van der Waals surface area contributed by atoms with Crippen molar-refractivity contribution in [2.45, 2.75) is 26.2 Å². The van der Waals surface area contributed by atoms with Crippen LogP contribution in [0.5, 0.6) is 0 Å². The summed E-state index contributed by atoms with van der Waals surface area (Å²) < 4.78 is 0. The molecule has 2 heterocycles. The van der Waals surface area contributed by atoms with Gasteiger partial charge in [-0.05, 0) is 43.3 Å². The molecule has 114 valence electrons. The third-order valence-corrected chi connectivity index (χ3v) is 4.77. The zero-order valence-corrected chi connectivity index (χ0v) is 13.6. The molecule has 3 nitrogen and oxygen atoms in total. The van der Waals surface area contributed by atoms with Crippen molar-refractivity contribution in [1.82, 2.24) is 0 Å². The maximum absolute atomic E-state index is 12.5. The number of carbonyl (C=O) groups excluding carboxylic acids is 1. The molecule has 0 spiro atoms. The second kappa shape index (κ2) is 6.88. The van der Waals surface area contributed by atoms with Crippen molar-refractivity contribution in [2.75, 3.05) is 18.0 Å². The minimum atomic E-state index is 0.156. The second-order valence-corrected chi connectivity index (χ2v) is 6.52. The van der Waals surface area contributed by atoms with E-state index in [0.29, 0.717) is 6.54 Å². The largest absolute Gasteiger partial charge is 0.322 e. The summed E-state index contributed by atoms with van der Waals surface area (Å²) in [5.41, 5.74) is 2.27. The first-order valence-corrected chi connectivity index (χ1v) is 8.56. The Hall–Kier alpha value is -1.94. The first-order valence-electron chi connectivity index (χ1n) is 7.68. The van der Waals surface area contributed by atoms with Crippen molar-refractivity contribution < 1.29 is 4.79 Å². The highest BCUT2D eigenvalue weighted by atomic mass is 32.1. The molecule has 0 N–H and O–H groups in total. The molecule has 1 aromatic carbocycles. The lowest BCUT2D eigenvalue weighted by Crippen LogP contribution is -2.36. The van der Waals surface area contributed by atoms with Crippen molar-refractivity contribution in [3.05, 3.63) is 52.2 Å². The predicted molar refractivity (Wildman–Crippen MR) is 93.3 cm³/mol. The molecule has 1 aliphatic rings. The van der Waals surface area contributed by atoms with Crippen LogP contribution in [-0.4, -0.2) is 24.7 Å². The van der Waals surface area contributed by atoms with Crippen molar-refractivity contribution in [1.29, 1.82) is 0 Å². The molecule has 0 saturated heterocycles. The normalized spacial score (nSPS) is 14.5. The number of rotatable bonds is 4. The number of carbonyl (C=O) groups is 1. The minimum absolute atomic E-state index is 0.156. The van der Waals surface area contributed by atoms with Gasteiger partial charge in [0.05, 0.1) is 11.4 Å². The van der Waals surface area contributed by atoms with Gasteiger partial charge in [-0.2, -0.15) is 0 Å². The number of aliphatic imine (C=N–C) groups is 1.